The van der Waals surface area contributed by atoms with Crippen molar-refractivity contribution in [2.24, 2.45) is 5.14 Å². The van der Waals surface area contributed by atoms with Gasteiger partial charge in [0.25, 0.3) is 0 Å². The molecular formula is C13H21N3O4S3. The minimum absolute atomic E-state index is 0.0752. The fourth-order valence-corrected chi connectivity index (χ4v) is 5.21. The molecule has 0 bridgehead atoms. The highest BCUT2D eigenvalue weighted by molar-refractivity contribution is 8.02. The molecule has 1 amide bonds. The van der Waals surface area contributed by atoms with Crippen molar-refractivity contribution in [1.82, 2.24) is 9.88 Å². The number of sulfonamides is 1. The molecular weight excluding hydrogens is 358 g/mol. The highest BCUT2D eigenvalue weighted by Gasteiger charge is 2.28. The van der Waals surface area contributed by atoms with Gasteiger partial charge >= 0.3 is 6.09 Å². The smallest absolute Gasteiger partial charge is 0.410 e. The quantitative estimate of drug-likeness (QED) is 0.864. The fourth-order valence-electron chi connectivity index (χ4n) is 2.06. The lowest BCUT2D eigenvalue weighted by Gasteiger charge is -2.32. The number of nitrogens with two attached hydrogens (primary N) is 1. The van der Waals surface area contributed by atoms with Crippen LogP contribution in [-0.4, -0.2) is 48.3 Å². The summed E-state index contributed by atoms with van der Waals surface area (Å²) in [7, 11) is -3.69. The maximum atomic E-state index is 12.0. The van der Waals surface area contributed by atoms with Crippen LogP contribution in [0.4, 0.5) is 4.79 Å². The SMILES string of the molecule is CC(C)(C)OC(=O)N1CCC(Sc2ncc(S(N)(=O)=O)s2)CC1. The summed E-state index contributed by atoms with van der Waals surface area (Å²) in [5.74, 6) is 0. The Morgan fingerprint density at radius 1 is 1.43 bits per heavy atom. The largest absolute Gasteiger partial charge is 0.444 e. The first kappa shape index (κ1) is 18.5. The fraction of sp³-hybridized carbons (Fsp3) is 0.692. The van der Waals surface area contributed by atoms with Crippen molar-refractivity contribution in [2.75, 3.05) is 13.1 Å². The van der Waals surface area contributed by atoms with Crippen LogP contribution in [0.2, 0.25) is 0 Å². The van der Waals surface area contributed by atoms with E-state index in [-0.39, 0.29) is 10.3 Å². The minimum atomic E-state index is -3.69. The third-order valence-corrected chi connectivity index (χ3v) is 6.96. The molecule has 1 aliphatic heterocycles. The number of likely N-dealkylation sites (tertiary alicyclic amines) is 1. The summed E-state index contributed by atoms with van der Waals surface area (Å²) in [6.45, 7) is 6.79. The normalized spacial score (nSPS) is 17.3. The monoisotopic (exact) mass is 379 g/mol. The summed E-state index contributed by atoms with van der Waals surface area (Å²) in [6, 6.07) is 0. The molecule has 0 atom stereocenters. The Kier molecular flexibility index (Phi) is 5.59. The van der Waals surface area contributed by atoms with Gasteiger partial charge in [0.05, 0.1) is 6.20 Å². The van der Waals surface area contributed by atoms with Gasteiger partial charge in [-0.2, -0.15) is 0 Å². The van der Waals surface area contributed by atoms with Crippen molar-refractivity contribution in [3.05, 3.63) is 6.20 Å². The van der Waals surface area contributed by atoms with E-state index in [1.807, 2.05) is 20.8 Å². The lowest BCUT2D eigenvalue weighted by Crippen LogP contribution is -2.42. The van der Waals surface area contributed by atoms with Gasteiger partial charge in [-0.1, -0.05) is 23.1 Å². The number of hydrogen-bond donors (Lipinski definition) is 1. The van der Waals surface area contributed by atoms with Gasteiger partial charge in [0, 0.05) is 18.3 Å². The number of thiazole rings is 1. The molecule has 10 heteroatoms. The summed E-state index contributed by atoms with van der Waals surface area (Å²) in [6.07, 6.45) is 2.63. The molecule has 1 saturated heterocycles. The summed E-state index contributed by atoms with van der Waals surface area (Å²) >= 11 is 2.62. The second-order valence-corrected chi connectivity index (χ2v) is 10.6. The average molecular weight is 380 g/mol. The van der Waals surface area contributed by atoms with Crippen LogP contribution in [0, 0.1) is 0 Å². The molecule has 2 rings (SSSR count). The van der Waals surface area contributed by atoms with E-state index in [9.17, 15) is 13.2 Å². The van der Waals surface area contributed by atoms with Gasteiger partial charge in [-0.25, -0.2) is 23.3 Å². The Morgan fingerprint density at radius 2 is 2.04 bits per heavy atom. The molecule has 7 nitrogen and oxygen atoms in total. The van der Waals surface area contributed by atoms with E-state index in [4.69, 9.17) is 9.88 Å². The number of carbonyl (C=O) groups excluding carboxylic acids is 1. The van der Waals surface area contributed by atoms with Crippen molar-refractivity contribution >= 4 is 39.2 Å². The summed E-state index contributed by atoms with van der Waals surface area (Å²) in [4.78, 5) is 17.8. The molecule has 1 fully saturated rings. The topological polar surface area (TPSA) is 103 Å². The van der Waals surface area contributed by atoms with E-state index in [2.05, 4.69) is 4.98 Å². The van der Waals surface area contributed by atoms with E-state index in [0.29, 0.717) is 22.7 Å². The molecule has 0 saturated carbocycles. The van der Waals surface area contributed by atoms with Crippen LogP contribution < -0.4 is 5.14 Å². The predicted octanol–water partition coefficient (Wildman–Crippen LogP) is 2.28. The number of thioether (sulfide) groups is 1. The van der Waals surface area contributed by atoms with E-state index in [1.54, 1.807) is 4.90 Å². The molecule has 1 aromatic heterocycles. The van der Waals surface area contributed by atoms with Gasteiger partial charge in [0.1, 0.15) is 5.60 Å². The van der Waals surface area contributed by atoms with Crippen molar-refractivity contribution in [3.8, 4) is 0 Å². The molecule has 0 aromatic carbocycles. The first-order valence-corrected chi connectivity index (χ1v) is 10.4. The van der Waals surface area contributed by atoms with Crippen LogP contribution in [0.25, 0.3) is 0 Å². The number of carbonyl (C=O) groups is 1. The Balaban J connectivity index is 1.85. The Bertz CT molecular complexity index is 658. The van der Waals surface area contributed by atoms with Gasteiger partial charge in [-0.15, -0.1) is 0 Å². The van der Waals surface area contributed by atoms with Crippen molar-refractivity contribution < 1.29 is 17.9 Å². The molecule has 2 N–H and O–H groups in total. The molecule has 0 unspecified atom stereocenters. The van der Waals surface area contributed by atoms with Gasteiger partial charge in [0.15, 0.2) is 8.55 Å². The number of piperidine rings is 1. The van der Waals surface area contributed by atoms with E-state index in [1.165, 1.54) is 18.0 Å². The van der Waals surface area contributed by atoms with Crippen LogP contribution >= 0.6 is 23.1 Å². The lowest BCUT2D eigenvalue weighted by atomic mass is 10.1. The van der Waals surface area contributed by atoms with Crippen molar-refractivity contribution in [2.45, 2.75) is 53.0 Å². The van der Waals surface area contributed by atoms with Crippen LogP contribution in [0.3, 0.4) is 0 Å². The van der Waals surface area contributed by atoms with Crippen molar-refractivity contribution in [3.63, 3.8) is 0 Å². The third-order valence-electron chi connectivity index (χ3n) is 3.10. The third kappa shape index (κ3) is 5.63. The maximum absolute atomic E-state index is 12.0. The zero-order valence-corrected chi connectivity index (χ0v) is 15.8. The maximum Gasteiger partial charge on any atom is 0.410 e. The Labute approximate surface area is 144 Å². The summed E-state index contributed by atoms with van der Waals surface area (Å²) in [5.41, 5.74) is -0.492. The van der Waals surface area contributed by atoms with Crippen molar-refractivity contribution in [1.29, 1.82) is 0 Å². The number of primary sulfonamides is 1. The second kappa shape index (κ2) is 6.96. The zero-order chi connectivity index (χ0) is 17.3. The number of nitrogens with zero attached hydrogens (tertiary/aromatic N) is 2. The molecule has 1 aliphatic rings. The van der Waals surface area contributed by atoms with Gasteiger partial charge in [-0.3, -0.25) is 0 Å². The van der Waals surface area contributed by atoms with Crippen LogP contribution in [0.5, 0.6) is 0 Å². The van der Waals surface area contributed by atoms with Crippen LogP contribution in [-0.2, 0) is 14.8 Å². The number of aromatic nitrogens is 1. The van der Waals surface area contributed by atoms with E-state index < -0.39 is 15.6 Å². The molecule has 0 spiro atoms. The first-order valence-electron chi connectivity index (χ1n) is 7.18. The average Bonchev–Trinajstić information content (AvgIpc) is 2.86. The second-order valence-electron chi connectivity index (χ2n) is 6.27. The zero-order valence-electron chi connectivity index (χ0n) is 13.3. The molecule has 0 aliphatic carbocycles. The summed E-state index contributed by atoms with van der Waals surface area (Å²) in [5, 5.41) is 5.38. The number of amides is 1. The number of hydrogen-bond acceptors (Lipinski definition) is 7. The first-order chi connectivity index (χ1) is 10.5. The molecule has 130 valence electrons. The molecule has 0 radical (unpaired) electrons. The van der Waals surface area contributed by atoms with Crippen LogP contribution in [0.15, 0.2) is 14.7 Å². The Morgan fingerprint density at radius 3 is 2.52 bits per heavy atom. The highest BCUT2D eigenvalue weighted by Crippen LogP contribution is 2.34. The Hall–Kier alpha value is -0.840. The van der Waals surface area contributed by atoms with Gasteiger partial charge in [0.2, 0.25) is 10.0 Å². The predicted molar refractivity (Wildman–Crippen MR) is 90.2 cm³/mol. The molecule has 23 heavy (non-hydrogen) atoms. The minimum Gasteiger partial charge on any atom is -0.444 e. The molecule has 2 heterocycles. The van der Waals surface area contributed by atoms with E-state index in [0.717, 1.165) is 24.2 Å². The van der Waals surface area contributed by atoms with Gasteiger partial charge < -0.3 is 9.64 Å². The highest BCUT2D eigenvalue weighted by atomic mass is 32.3. The summed E-state index contributed by atoms with van der Waals surface area (Å²) < 4.78 is 28.6. The standard InChI is InChI=1S/C13H21N3O4S3/c1-13(2,3)20-12(17)16-6-4-9(5-7-16)21-11-15-8-10(22-11)23(14,18)19/h8-9H,4-7H2,1-3H3,(H2,14,18,19). The van der Waals surface area contributed by atoms with Gasteiger partial charge in [-0.05, 0) is 33.6 Å². The molecule has 1 aromatic rings. The lowest BCUT2D eigenvalue weighted by molar-refractivity contribution is 0.0219. The van der Waals surface area contributed by atoms with E-state index >= 15 is 0 Å². The number of rotatable bonds is 3. The number of ether oxygens (including phenoxy) is 1. The van der Waals surface area contributed by atoms with Crippen LogP contribution in [0.1, 0.15) is 33.6 Å².